The zero-order valence-corrected chi connectivity index (χ0v) is 17.8. The van der Waals surface area contributed by atoms with Crippen LogP contribution in [0.2, 0.25) is 0 Å². The van der Waals surface area contributed by atoms with E-state index in [1.165, 1.54) is 11.3 Å². The Morgan fingerprint density at radius 1 is 1.17 bits per heavy atom. The summed E-state index contributed by atoms with van der Waals surface area (Å²) in [5.41, 5.74) is 1.50. The molecule has 2 saturated carbocycles. The summed E-state index contributed by atoms with van der Waals surface area (Å²) in [6.07, 6.45) is 6.09. The van der Waals surface area contributed by atoms with Crippen molar-refractivity contribution < 1.29 is 24.2 Å². The summed E-state index contributed by atoms with van der Waals surface area (Å²) >= 11 is 1.46. The van der Waals surface area contributed by atoms with Gasteiger partial charge in [0.2, 0.25) is 5.91 Å². The minimum atomic E-state index is -0.876. The van der Waals surface area contributed by atoms with Crippen LogP contribution >= 0.6 is 11.3 Å². The lowest BCUT2D eigenvalue weighted by Crippen LogP contribution is -2.38. The van der Waals surface area contributed by atoms with Gasteiger partial charge in [-0.15, -0.1) is 11.3 Å². The molecule has 0 unspecified atom stereocenters. The number of anilines is 1. The molecule has 1 amide bonds. The summed E-state index contributed by atoms with van der Waals surface area (Å²) < 4.78 is 5.41. The van der Waals surface area contributed by atoms with E-state index >= 15 is 0 Å². The van der Waals surface area contributed by atoms with Gasteiger partial charge in [0.15, 0.2) is 0 Å². The van der Waals surface area contributed by atoms with Crippen molar-refractivity contribution in [2.45, 2.75) is 58.8 Å². The number of carboxylic acid groups (broad SMARTS) is 1. The second-order valence-electron chi connectivity index (χ2n) is 8.90. The number of aliphatic carboxylic acids is 1. The number of carbonyl (C=O) groups is 3. The minimum absolute atomic E-state index is 0.0969. The first-order chi connectivity index (χ1) is 13.9. The van der Waals surface area contributed by atoms with Gasteiger partial charge in [-0.05, 0) is 68.3 Å². The van der Waals surface area contributed by atoms with Crippen molar-refractivity contribution >= 4 is 34.2 Å². The molecule has 1 aromatic rings. The average molecular weight is 420 g/mol. The van der Waals surface area contributed by atoms with Crippen LogP contribution in [-0.4, -0.2) is 29.6 Å². The molecule has 1 aromatic heterocycles. The van der Waals surface area contributed by atoms with Gasteiger partial charge < -0.3 is 15.2 Å². The molecule has 29 heavy (non-hydrogen) atoms. The number of hydrogen-bond acceptors (Lipinski definition) is 5. The second-order valence-corrected chi connectivity index (χ2v) is 10.0. The highest BCUT2D eigenvalue weighted by atomic mass is 32.1. The van der Waals surface area contributed by atoms with Crippen LogP contribution in [0.4, 0.5) is 5.00 Å². The fraction of sp³-hybridized carbons (Fsp3) is 0.682. The average Bonchev–Trinajstić information content (AvgIpc) is 3.37. The molecular formula is C22H29NO5S. The molecule has 2 bridgehead atoms. The van der Waals surface area contributed by atoms with E-state index in [2.05, 4.69) is 12.2 Å². The predicted octanol–water partition coefficient (Wildman–Crippen LogP) is 4.13. The molecule has 0 aromatic carbocycles. The number of nitrogens with one attached hydrogen (secondary N) is 1. The molecule has 0 spiro atoms. The highest BCUT2D eigenvalue weighted by Gasteiger charge is 2.54. The molecule has 3 aliphatic rings. The lowest BCUT2D eigenvalue weighted by atomic mass is 9.78. The highest BCUT2D eigenvalue weighted by Crippen LogP contribution is 2.53. The lowest BCUT2D eigenvalue weighted by Gasteiger charge is -2.27. The molecule has 0 saturated heterocycles. The van der Waals surface area contributed by atoms with Crippen molar-refractivity contribution in [1.29, 1.82) is 0 Å². The SMILES string of the molecule is CCCOC(=O)c1c(NC(=O)[C@@H]2[C@H]3CC[C@@H](C3)[C@@H]2C(=O)O)sc2c1CC[C@H](C)C2. The first kappa shape index (κ1) is 20.4. The van der Waals surface area contributed by atoms with Crippen molar-refractivity contribution in [3.8, 4) is 0 Å². The van der Waals surface area contributed by atoms with E-state index in [-0.39, 0.29) is 23.7 Å². The quantitative estimate of drug-likeness (QED) is 0.677. The van der Waals surface area contributed by atoms with Gasteiger partial charge in [0.25, 0.3) is 0 Å². The van der Waals surface area contributed by atoms with Crippen molar-refractivity contribution in [2.24, 2.45) is 29.6 Å². The number of fused-ring (bicyclic) bond motifs is 3. The van der Waals surface area contributed by atoms with E-state index in [1.807, 2.05) is 6.92 Å². The maximum Gasteiger partial charge on any atom is 0.341 e. The zero-order valence-electron chi connectivity index (χ0n) is 17.0. The number of amides is 1. The fourth-order valence-corrected chi connectivity index (χ4v) is 6.94. The molecule has 3 aliphatic carbocycles. The van der Waals surface area contributed by atoms with Gasteiger partial charge in [-0.1, -0.05) is 13.8 Å². The van der Waals surface area contributed by atoms with Crippen molar-refractivity contribution in [3.05, 3.63) is 16.0 Å². The molecule has 1 heterocycles. The number of ether oxygens (including phenoxy) is 1. The summed E-state index contributed by atoms with van der Waals surface area (Å²) in [5.74, 6) is -1.85. The third-order valence-electron chi connectivity index (χ3n) is 6.89. The standard InChI is InChI=1S/C22H29NO5S/c1-3-8-28-22(27)18-14-7-4-11(2)9-15(14)29-20(18)23-19(24)16-12-5-6-13(10-12)17(16)21(25)26/h11-13,16-17H,3-10H2,1-2H3,(H,23,24)(H,25,26)/t11-,12-,13-,16+,17-/m0/s1. The molecule has 7 heteroatoms. The van der Waals surface area contributed by atoms with Gasteiger partial charge in [0.1, 0.15) is 5.00 Å². The van der Waals surface area contributed by atoms with Crippen LogP contribution in [0.25, 0.3) is 0 Å². The first-order valence-electron chi connectivity index (χ1n) is 10.8. The van der Waals surface area contributed by atoms with Crippen LogP contribution in [0, 0.1) is 29.6 Å². The summed E-state index contributed by atoms with van der Waals surface area (Å²) in [6.45, 7) is 4.49. The van der Waals surface area contributed by atoms with Gasteiger partial charge in [-0.25, -0.2) is 4.79 Å². The van der Waals surface area contributed by atoms with Gasteiger partial charge in [0, 0.05) is 4.88 Å². The second kappa shape index (κ2) is 8.09. The Morgan fingerprint density at radius 2 is 1.90 bits per heavy atom. The maximum absolute atomic E-state index is 13.2. The molecule has 5 atom stereocenters. The highest BCUT2D eigenvalue weighted by molar-refractivity contribution is 7.17. The van der Waals surface area contributed by atoms with Crippen molar-refractivity contribution in [1.82, 2.24) is 0 Å². The molecule has 0 radical (unpaired) electrons. The van der Waals surface area contributed by atoms with E-state index in [9.17, 15) is 19.5 Å². The number of esters is 1. The van der Waals surface area contributed by atoms with Crippen LogP contribution in [-0.2, 0) is 27.2 Å². The normalized spacial score (nSPS) is 30.1. The summed E-state index contributed by atoms with van der Waals surface area (Å²) in [5, 5.41) is 13.2. The monoisotopic (exact) mass is 419 g/mol. The van der Waals surface area contributed by atoms with E-state index in [4.69, 9.17) is 4.74 Å². The predicted molar refractivity (Wildman–Crippen MR) is 110 cm³/mol. The van der Waals surface area contributed by atoms with Crippen LogP contribution in [0.3, 0.4) is 0 Å². The number of carbonyl (C=O) groups excluding carboxylic acids is 2. The van der Waals surface area contributed by atoms with E-state index in [1.54, 1.807) is 0 Å². The molecule has 2 N–H and O–H groups in total. The van der Waals surface area contributed by atoms with Gasteiger partial charge in [0.05, 0.1) is 24.0 Å². The third kappa shape index (κ3) is 3.69. The smallest absolute Gasteiger partial charge is 0.341 e. The van der Waals surface area contributed by atoms with Crippen molar-refractivity contribution in [2.75, 3.05) is 11.9 Å². The van der Waals surface area contributed by atoms with Gasteiger partial charge in [-0.2, -0.15) is 0 Å². The maximum atomic E-state index is 13.2. The van der Waals surface area contributed by atoms with Gasteiger partial charge >= 0.3 is 11.9 Å². The van der Waals surface area contributed by atoms with Crippen LogP contribution in [0.5, 0.6) is 0 Å². The van der Waals surface area contributed by atoms with Crippen LogP contribution in [0.15, 0.2) is 0 Å². The summed E-state index contributed by atoms with van der Waals surface area (Å²) in [7, 11) is 0. The Labute approximate surface area is 175 Å². The topological polar surface area (TPSA) is 92.7 Å². The Bertz CT molecular complexity index is 831. The Morgan fingerprint density at radius 3 is 2.59 bits per heavy atom. The number of thiophene rings is 1. The van der Waals surface area contributed by atoms with Crippen molar-refractivity contribution in [3.63, 3.8) is 0 Å². The van der Waals surface area contributed by atoms with Gasteiger partial charge in [-0.3, -0.25) is 9.59 Å². The third-order valence-corrected chi connectivity index (χ3v) is 8.06. The minimum Gasteiger partial charge on any atom is -0.481 e. The molecule has 0 aliphatic heterocycles. The van der Waals surface area contributed by atoms with E-state index in [0.29, 0.717) is 23.1 Å². The Hall–Kier alpha value is -1.89. The molecule has 6 nitrogen and oxygen atoms in total. The molecular weight excluding hydrogens is 390 g/mol. The summed E-state index contributed by atoms with van der Waals surface area (Å²) in [6, 6.07) is 0. The largest absolute Gasteiger partial charge is 0.481 e. The van der Waals surface area contributed by atoms with E-state index < -0.39 is 17.8 Å². The molecule has 158 valence electrons. The summed E-state index contributed by atoms with van der Waals surface area (Å²) in [4.78, 5) is 38.9. The fourth-order valence-electron chi connectivity index (χ4n) is 5.54. The van der Waals surface area contributed by atoms with Crippen LogP contribution < -0.4 is 5.32 Å². The lowest BCUT2D eigenvalue weighted by molar-refractivity contribution is -0.148. The number of rotatable bonds is 6. The first-order valence-corrected chi connectivity index (χ1v) is 11.6. The Balaban J connectivity index is 1.61. The number of carboxylic acids is 1. The Kier molecular flexibility index (Phi) is 5.69. The molecule has 4 rings (SSSR count). The van der Waals surface area contributed by atoms with Crippen LogP contribution in [0.1, 0.15) is 66.8 Å². The molecule has 2 fully saturated rings. The van der Waals surface area contributed by atoms with E-state index in [0.717, 1.165) is 55.4 Å². The zero-order chi connectivity index (χ0) is 20.7. The number of hydrogen-bond donors (Lipinski definition) is 2.